The first-order chi connectivity index (χ1) is 6.42. The maximum atomic E-state index is 5.07. The first-order valence-electron chi connectivity index (χ1n) is 3.77. The Labute approximate surface area is 75.0 Å². The van der Waals surface area contributed by atoms with Crippen LogP contribution in [-0.4, -0.2) is 27.1 Å². The molecule has 2 rings (SSSR count). The fourth-order valence-corrected chi connectivity index (χ4v) is 1.05. The van der Waals surface area contributed by atoms with Crippen molar-refractivity contribution in [3.63, 3.8) is 0 Å². The smallest absolute Gasteiger partial charge is 0.239 e. The Morgan fingerprint density at radius 2 is 2.31 bits per heavy atom. The maximum Gasteiger partial charge on any atom is 0.239 e. The fourth-order valence-electron chi connectivity index (χ4n) is 1.05. The number of hydrogen-bond donors (Lipinski definition) is 0. The summed E-state index contributed by atoms with van der Waals surface area (Å²) < 4.78 is 6.67. The lowest BCUT2D eigenvalue weighted by atomic mass is 10.4. The zero-order chi connectivity index (χ0) is 9.10. The van der Waals surface area contributed by atoms with Crippen molar-refractivity contribution in [3.8, 4) is 11.6 Å². The molecule has 0 aliphatic carbocycles. The van der Waals surface area contributed by atoms with Gasteiger partial charge in [-0.25, -0.2) is 9.67 Å². The molecule has 0 bridgehead atoms. The van der Waals surface area contributed by atoms with Gasteiger partial charge in [0.2, 0.25) is 5.88 Å². The second-order valence-corrected chi connectivity index (χ2v) is 2.38. The van der Waals surface area contributed by atoms with E-state index >= 15 is 0 Å². The van der Waals surface area contributed by atoms with Crippen molar-refractivity contribution in [1.82, 2.24) is 20.0 Å². The van der Waals surface area contributed by atoms with E-state index in [-0.39, 0.29) is 0 Å². The molecule has 2 heterocycles. The van der Waals surface area contributed by atoms with Crippen molar-refractivity contribution < 1.29 is 4.74 Å². The second kappa shape index (κ2) is 3.22. The van der Waals surface area contributed by atoms with Crippen LogP contribution in [0.2, 0.25) is 0 Å². The number of aromatic nitrogens is 4. The largest absolute Gasteiger partial charge is 0.479 e. The molecule has 0 fully saturated rings. The number of rotatable bonds is 2. The van der Waals surface area contributed by atoms with Crippen LogP contribution in [0, 0.1) is 0 Å². The molecule has 2 aromatic heterocycles. The highest BCUT2D eigenvalue weighted by atomic mass is 16.5. The van der Waals surface area contributed by atoms with E-state index in [2.05, 4.69) is 15.3 Å². The molecular weight excluding hydrogens is 168 g/mol. The summed E-state index contributed by atoms with van der Waals surface area (Å²) in [6, 6.07) is 3.68. The molecule has 0 radical (unpaired) electrons. The average Bonchev–Trinajstić information content (AvgIpc) is 2.70. The highest BCUT2D eigenvalue weighted by molar-refractivity contribution is 5.39. The molecule has 0 aliphatic heterocycles. The third kappa shape index (κ3) is 1.35. The number of methoxy groups -OCH3 is 1. The predicted molar refractivity (Wildman–Crippen MR) is 45.7 cm³/mol. The number of hydrogen-bond acceptors (Lipinski definition) is 4. The molecule has 0 saturated heterocycles. The molecule has 0 spiro atoms. The standard InChI is InChI=1S/C8H8N4O/c1-13-8-7(3-2-4-9-8)12-6-5-10-11-12/h2-6H,1H3. The van der Waals surface area contributed by atoms with E-state index in [9.17, 15) is 0 Å². The van der Waals surface area contributed by atoms with E-state index in [4.69, 9.17) is 4.74 Å². The number of pyridine rings is 1. The summed E-state index contributed by atoms with van der Waals surface area (Å²) in [5, 5.41) is 7.55. The second-order valence-electron chi connectivity index (χ2n) is 2.38. The van der Waals surface area contributed by atoms with Crippen LogP contribution in [0.3, 0.4) is 0 Å². The van der Waals surface area contributed by atoms with Crippen LogP contribution in [0.1, 0.15) is 0 Å². The van der Waals surface area contributed by atoms with Crippen molar-refractivity contribution >= 4 is 0 Å². The molecule has 2 aromatic rings. The summed E-state index contributed by atoms with van der Waals surface area (Å²) in [6.07, 6.45) is 5.01. The molecular formula is C8H8N4O. The zero-order valence-corrected chi connectivity index (χ0v) is 7.08. The normalized spacial score (nSPS) is 9.92. The van der Waals surface area contributed by atoms with Crippen LogP contribution in [-0.2, 0) is 0 Å². The van der Waals surface area contributed by atoms with Crippen molar-refractivity contribution in [1.29, 1.82) is 0 Å². The molecule has 0 amide bonds. The Balaban J connectivity index is 2.51. The minimum atomic E-state index is 0.535. The van der Waals surface area contributed by atoms with Crippen LogP contribution < -0.4 is 4.74 Å². The number of ether oxygens (including phenoxy) is 1. The van der Waals surface area contributed by atoms with Gasteiger partial charge in [0.05, 0.1) is 19.5 Å². The molecule has 0 unspecified atom stereocenters. The minimum absolute atomic E-state index is 0.535. The fraction of sp³-hybridized carbons (Fsp3) is 0.125. The van der Waals surface area contributed by atoms with Gasteiger partial charge >= 0.3 is 0 Å². The van der Waals surface area contributed by atoms with Gasteiger partial charge in [-0.15, -0.1) is 5.10 Å². The third-order valence-electron chi connectivity index (χ3n) is 1.61. The lowest BCUT2D eigenvalue weighted by Crippen LogP contribution is -2.00. The first-order valence-corrected chi connectivity index (χ1v) is 3.77. The zero-order valence-electron chi connectivity index (χ0n) is 7.08. The Bertz CT molecular complexity index is 385. The van der Waals surface area contributed by atoms with Crippen molar-refractivity contribution in [2.45, 2.75) is 0 Å². The van der Waals surface area contributed by atoms with Gasteiger partial charge in [0.15, 0.2) is 0 Å². The molecule has 5 nitrogen and oxygen atoms in total. The van der Waals surface area contributed by atoms with E-state index in [1.54, 1.807) is 30.4 Å². The summed E-state index contributed by atoms with van der Waals surface area (Å²) in [7, 11) is 1.57. The van der Waals surface area contributed by atoms with Gasteiger partial charge in [-0.2, -0.15) is 0 Å². The number of nitrogens with zero attached hydrogens (tertiary/aromatic N) is 4. The van der Waals surface area contributed by atoms with Gasteiger partial charge in [0, 0.05) is 6.20 Å². The summed E-state index contributed by atoms with van der Waals surface area (Å²) in [5.74, 6) is 0.535. The SMILES string of the molecule is COc1ncccc1-n1ccnn1. The van der Waals surface area contributed by atoms with Gasteiger partial charge in [0.25, 0.3) is 0 Å². The Hall–Kier alpha value is -1.91. The molecule has 0 atom stereocenters. The van der Waals surface area contributed by atoms with Crippen LogP contribution >= 0.6 is 0 Å². The Morgan fingerprint density at radius 1 is 1.38 bits per heavy atom. The van der Waals surface area contributed by atoms with Crippen molar-refractivity contribution in [2.75, 3.05) is 7.11 Å². The van der Waals surface area contributed by atoms with Crippen LogP contribution in [0.4, 0.5) is 0 Å². The van der Waals surface area contributed by atoms with Gasteiger partial charge in [-0.05, 0) is 12.1 Å². The van der Waals surface area contributed by atoms with Gasteiger partial charge in [-0.3, -0.25) is 0 Å². The van der Waals surface area contributed by atoms with Crippen LogP contribution in [0.15, 0.2) is 30.7 Å². The molecule has 0 N–H and O–H groups in total. The van der Waals surface area contributed by atoms with Gasteiger partial charge in [-0.1, -0.05) is 5.21 Å². The van der Waals surface area contributed by atoms with Gasteiger partial charge < -0.3 is 4.74 Å². The van der Waals surface area contributed by atoms with Crippen molar-refractivity contribution in [2.24, 2.45) is 0 Å². The minimum Gasteiger partial charge on any atom is -0.479 e. The quantitative estimate of drug-likeness (QED) is 0.674. The topological polar surface area (TPSA) is 52.8 Å². The Morgan fingerprint density at radius 3 is 3.00 bits per heavy atom. The summed E-state index contributed by atoms with van der Waals surface area (Å²) in [5.41, 5.74) is 0.780. The van der Waals surface area contributed by atoms with E-state index < -0.39 is 0 Å². The molecule has 5 heteroatoms. The average molecular weight is 176 g/mol. The summed E-state index contributed by atoms with van der Waals surface area (Å²) >= 11 is 0. The van der Waals surface area contributed by atoms with E-state index in [0.29, 0.717) is 5.88 Å². The van der Waals surface area contributed by atoms with E-state index in [0.717, 1.165) is 5.69 Å². The van der Waals surface area contributed by atoms with E-state index in [1.807, 2.05) is 12.1 Å². The van der Waals surface area contributed by atoms with Crippen molar-refractivity contribution in [3.05, 3.63) is 30.7 Å². The summed E-state index contributed by atoms with van der Waals surface area (Å²) in [4.78, 5) is 4.04. The molecule has 66 valence electrons. The summed E-state index contributed by atoms with van der Waals surface area (Å²) in [6.45, 7) is 0. The predicted octanol–water partition coefficient (Wildman–Crippen LogP) is 0.671. The lowest BCUT2D eigenvalue weighted by Gasteiger charge is -2.04. The monoisotopic (exact) mass is 176 g/mol. The highest BCUT2D eigenvalue weighted by Crippen LogP contribution is 2.16. The highest BCUT2D eigenvalue weighted by Gasteiger charge is 2.04. The maximum absolute atomic E-state index is 5.07. The van der Waals surface area contributed by atoms with Crippen LogP contribution in [0.25, 0.3) is 5.69 Å². The lowest BCUT2D eigenvalue weighted by molar-refractivity contribution is 0.394. The Kier molecular flexibility index (Phi) is 1.91. The third-order valence-corrected chi connectivity index (χ3v) is 1.61. The molecule has 13 heavy (non-hydrogen) atoms. The first kappa shape index (κ1) is 7.72. The molecule has 0 saturated carbocycles. The van der Waals surface area contributed by atoms with E-state index in [1.165, 1.54) is 0 Å². The molecule has 0 aromatic carbocycles. The van der Waals surface area contributed by atoms with Crippen LogP contribution in [0.5, 0.6) is 5.88 Å². The van der Waals surface area contributed by atoms with Gasteiger partial charge in [0.1, 0.15) is 5.69 Å². The molecule has 0 aliphatic rings.